The maximum absolute atomic E-state index is 13.0. The van der Waals surface area contributed by atoms with Crippen molar-refractivity contribution in [2.75, 3.05) is 17.7 Å². The van der Waals surface area contributed by atoms with Gasteiger partial charge in [0.2, 0.25) is 11.8 Å². The molecule has 4 rings (SSSR count). The summed E-state index contributed by atoms with van der Waals surface area (Å²) in [7, 11) is 1.60. The first-order valence-electron chi connectivity index (χ1n) is 9.17. The predicted molar refractivity (Wildman–Crippen MR) is 116 cm³/mol. The number of nitrogens with one attached hydrogen (secondary N) is 2. The maximum atomic E-state index is 13.0. The number of rotatable bonds is 4. The fourth-order valence-electron chi connectivity index (χ4n) is 3.38. The number of benzene rings is 2. The number of ether oxygens (including phenoxy) is 1. The molecule has 9 heteroatoms. The van der Waals surface area contributed by atoms with Crippen molar-refractivity contribution in [2.24, 2.45) is 0 Å². The molecular weight excluding hydrogens is 427 g/mol. The van der Waals surface area contributed by atoms with Crippen LogP contribution in [0.25, 0.3) is 11.3 Å². The summed E-state index contributed by atoms with van der Waals surface area (Å²) in [6, 6.07) is 11.5. The quantitative estimate of drug-likeness (QED) is 0.610. The highest BCUT2D eigenvalue weighted by Crippen LogP contribution is 2.36. The van der Waals surface area contributed by atoms with Crippen LogP contribution in [0.1, 0.15) is 18.0 Å². The van der Waals surface area contributed by atoms with E-state index in [1.54, 1.807) is 30.0 Å². The van der Waals surface area contributed by atoms with Crippen LogP contribution in [0.4, 0.5) is 11.5 Å². The van der Waals surface area contributed by atoms with Crippen molar-refractivity contribution in [1.29, 1.82) is 0 Å². The van der Waals surface area contributed by atoms with E-state index in [9.17, 15) is 9.59 Å². The van der Waals surface area contributed by atoms with Crippen LogP contribution < -0.4 is 15.4 Å². The minimum Gasteiger partial charge on any atom is -0.497 e. The summed E-state index contributed by atoms with van der Waals surface area (Å²) in [6.07, 6.45) is -0.0415. The van der Waals surface area contributed by atoms with E-state index >= 15 is 0 Å². The zero-order chi connectivity index (χ0) is 21.4. The fraction of sp³-hybridized carbons (Fsp3) is 0.190. The second-order valence-electron chi connectivity index (χ2n) is 6.85. The number of hydrogen-bond donors (Lipinski definition) is 2. The Labute approximate surface area is 182 Å². The number of methoxy groups -OCH3 is 1. The van der Waals surface area contributed by atoms with Gasteiger partial charge in [0.1, 0.15) is 17.6 Å². The largest absolute Gasteiger partial charge is 0.497 e. The van der Waals surface area contributed by atoms with E-state index in [4.69, 9.17) is 27.9 Å². The highest BCUT2D eigenvalue weighted by molar-refractivity contribution is 6.44. The van der Waals surface area contributed by atoms with Crippen LogP contribution in [0.5, 0.6) is 5.75 Å². The molecule has 0 aliphatic carbocycles. The number of carbonyl (C=O) groups excluding carboxylic acids is 2. The van der Waals surface area contributed by atoms with Crippen molar-refractivity contribution < 1.29 is 14.3 Å². The number of amides is 2. The number of hydrogen-bond acceptors (Lipinski definition) is 4. The van der Waals surface area contributed by atoms with E-state index in [1.807, 2.05) is 31.2 Å². The van der Waals surface area contributed by atoms with Gasteiger partial charge in [-0.2, -0.15) is 5.10 Å². The topological polar surface area (TPSA) is 85.2 Å². The molecule has 0 bridgehead atoms. The average molecular weight is 445 g/mol. The van der Waals surface area contributed by atoms with Gasteiger partial charge in [0.05, 0.1) is 35.0 Å². The van der Waals surface area contributed by atoms with E-state index in [0.717, 1.165) is 16.9 Å². The SMILES string of the molecule is COc1ccc(-c2nn3c(c2C)NC(=O)CC3C(=O)Nc2cccc(Cl)c2Cl)cc1. The van der Waals surface area contributed by atoms with Crippen molar-refractivity contribution in [1.82, 2.24) is 9.78 Å². The first kappa shape index (κ1) is 20.3. The average Bonchev–Trinajstić information content (AvgIpc) is 3.07. The Morgan fingerprint density at radius 3 is 2.67 bits per heavy atom. The van der Waals surface area contributed by atoms with E-state index in [-0.39, 0.29) is 17.4 Å². The van der Waals surface area contributed by atoms with Crippen LogP contribution in [-0.4, -0.2) is 28.7 Å². The Balaban J connectivity index is 1.69. The second kappa shape index (κ2) is 8.01. The third-order valence-electron chi connectivity index (χ3n) is 4.95. The van der Waals surface area contributed by atoms with Gasteiger partial charge in [0, 0.05) is 11.1 Å². The Morgan fingerprint density at radius 2 is 1.97 bits per heavy atom. The molecule has 3 aromatic rings. The van der Waals surface area contributed by atoms with Crippen LogP contribution >= 0.6 is 23.2 Å². The predicted octanol–water partition coefficient (Wildman–Crippen LogP) is 4.70. The van der Waals surface area contributed by atoms with Gasteiger partial charge < -0.3 is 15.4 Å². The van der Waals surface area contributed by atoms with Crippen LogP contribution in [0.2, 0.25) is 10.0 Å². The highest BCUT2D eigenvalue weighted by atomic mass is 35.5. The molecule has 2 amide bonds. The number of anilines is 2. The van der Waals surface area contributed by atoms with Gasteiger partial charge in [-0.05, 0) is 43.3 Å². The number of aromatic nitrogens is 2. The second-order valence-corrected chi connectivity index (χ2v) is 7.64. The van der Waals surface area contributed by atoms with Crippen molar-refractivity contribution in [3.63, 3.8) is 0 Å². The Kier molecular flexibility index (Phi) is 5.40. The van der Waals surface area contributed by atoms with Gasteiger partial charge in [0.25, 0.3) is 0 Å². The van der Waals surface area contributed by atoms with Crippen molar-refractivity contribution in [3.8, 4) is 17.0 Å². The van der Waals surface area contributed by atoms with Crippen LogP contribution in [0.3, 0.4) is 0 Å². The van der Waals surface area contributed by atoms with Crippen molar-refractivity contribution >= 4 is 46.5 Å². The molecule has 154 valence electrons. The molecule has 0 fully saturated rings. The lowest BCUT2D eigenvalue weighted by Gasteiger charge is -2.24. The number of fused-ring (bicyclic) bond motifs is 1. The summed E-state index contributed by atoms with van der Waals surface area (Å²) in [5, 5.41) is 10.8. The fourth-order valence-corrected chi connectivity index (χ4v) is 3.73. The van der Waals surface area contributed by atoms with Gasteiger partial charge in [-0.25, -0.2) is 4.68 Å². The van der Waals surface area contributed by atoms with Crippen molar-refractivity contribution in [2.45, 2.75) is 19.4 Å². The molecule has 1 aliphatic heterocycles. The van der Waals surface area contributed by atoms with Gasteiger partial charge in [0.15, 0.2) is 0 Å². The Morgan fingerprint density at radius 1 is 1.23 bits per heavy atom. The molecule has 0 spiro atoms. The Hall–Kier alpha value is -3.03. The number of halogens is 2. The van der Waals surface area contributed by atoms with Gasteiger partial charge >= 0.3 is 0 Å². The van der Waals surface area contributed by atoms with E-state index < -0.39 is 11.9 Å². The van der Waals surface area contributed by atoms with Crippen LogP contribution in [-0.2, 0) is 9.59 Å². The molecule has 1 aromatic heterocycles. The monoisotopic (exact) mass is 444 g/mol. The normalized spacial score (nSPS) is 15.3. The Bertz CT molecular complexity index is 1140. The molecule has 0 saturated carbocycles. The zero-order valence-electron chi connectivity index (χ0n) is 16.2. The maximum Gasteiger partial charge on any atom is 0.249 e. The third-order valence-corrected chi connectivity index (χ3v) is 5.77. The smallest absolute Gasteiger partial charge is 0.249 e. The lowest BCUT2D eigenvalue weighted by molar-refractivity contribution is -0.125. The minimum atomic E-state index is -0.825. The van der Waals surface area contributed by atoms with Gasteiger partial charge in [-0.15, -0.1) is 0 Å². The van der Waals surface area contributed by atoms with Gasteiger partial charge in [-0.1, -0.05) is 29.3 Å². The summed E-state index contributed by atoms with van der Waals surface area (Å²) in [6.45, 7) is 1.85. The lowest BCUT2D eigenvalue weighted by Crippen LogP contribution is -2.36. The molecule has 0 radical (unpaired) electrons. The van der Waals surface area contributed by atoms with Crippen LogP contribution in [0.15, 0.2) is 42.5 Å². The van der Waals surface area contributed by atoms with E-state index in [1.165, 1.54) is 0 Å². The lowest BCUT2D eigenvalue weighted by atomic mass is 10.1. The summed E-state index contributed by atoms with van der Waals surface area (Å²) >= 11 is 12.2. The first-order chi connectivity index (χ1) is 14.4. The highest BCUT2D eigenvalue weighted by Gasteiger charge is 2.34. The molecule has 0 saturated heterocycles. The van der Waals surface area contributed by atoms with Gasteiger partial charge in [-0.3, -0.25) is 9.59 Å². The zero-order valence-corrected chi connectivity index (χ0v) is 17.7. The molecule has 1 unspecified atom stereocenters. The molecule has 1 atom stereocenters. The molecule has 7 nitrogen and oxygen atoms in total. The molecule has 30 heavy (non-hydrogen) atoms. The van der Waals surface area contributed by atoms with E-state index in [0.29, 0.717) is 22.2 Å². The molecule has 2 N–H and O–H groups in total. The van der Waals surface area contributed by atoms with E-state index in [2.05, 4.69) is 15.7 Å². The standard InChI is InChI=1S/C21H18Cl2N4O3/c1-11-19(12-6-8-13(30-2)9-7-12)26-27-16(10-17(28)25-20(11)27)21(29)24-15-5-3-4-14(22)18(15)23/h3-9,16H,10H2,1-2H3,(H,24,29)(H,25,28). The summed E-state index contributed by atoms with van der Waals surface area (Å²) in [5.41, 5.74) is 2.67. The number of nitrogens with zero attached hydrogens (tertiary/aromatic N) is 2. The number of carbonyl (C=O) groups is 2. The first-order valence-corrected chi connectivity index (χ1v) is 9.93. The summed E-state index contributed by atoms with van der Waals surface area (Å²) < 4.78 is 6.74. The molecule has 2 heterocycles. The summed E-state index contributed by atoms with van der Waals surface area (Å²) in [5.74, 6) is 0.557. The van der Waals surface area contributed by atoms with Crippen LogP contribution in [0, 0.1) is 6.92 Å². The van der Waals surface area contributed by atoms with Crippen molar-refractivity contribution in [3.05, 3.63) is 58.1 Å². The molecule has 2 aromatic carbocycles. The summed E-state index contributed by atoms with van der Waals surface area (Å²) in [4.78, 5) is 25.3. The molecular formula is C21H18Cl2N4O3. The third kappa shape index (κ3) is 3.62. The minimum absolute atomic E-state index is 0.0415. The molecule has 1 aliphatic rings.